The number of nitrogens with zero attached hydrogens (tertiary/aromatic N) is 1. The van der Waals surface area contributed by atoms with E-state index in [2.05, 4.69) is 0 Å². The number of Topliss-reactive ketones (excluding diaryl/α,β-unsaturated/α-hetero) is 2. The van der Waals surface area contributed by atoms with E-state index in [0.29, 0.717) is 56.9 Å². The predicted molar refractivity (Wildman–Crippen MR) is 248 cm³/mol. The van der Waals surface area contributed by atoms with Crippen molar-refractivity contribution in [3.05, 3.63) is 47.6 Å². The van der Waals surface area contributed by atoms with Crippen LogP contribution in [0.25, 0.3) is 0 Å². The second-order valence-corrected chi connectivity index (χ2v) is 19.5. The molecule has 3 rings (SSSR count). The third-order valence-corrected chi connectivity index (χ3v) is 14.2. The summed E-state index contributed by atoms with van der Waals surface area (Å²) in [6.07, 6.45) is 7.58. The van der Waals surface area contributed by atoms with Gasteiger partial charge in [0.05, 0.1) is 30.5 Å². The SMILES string of the molecule is CO[C@H]1C[C@@H](O)CC[C@@H](C)[C@H](O)C(O)C(=O)N2CCCC[C@H]2C(=O)O[C@H]([C@H](C)C[C@@H]2CC[C@@H](O)[C@H](OC)C2)CC(=O)[C@H](C)/C=C(/C)[C@@H](O)[C@@H](OC)C(=O)[C@H](C)C[C@H](C)\C=C/C=C\C=C/1C. The van der Waals surface area contributed by atoms with E-state index in [9.17, 15) is 44.7 Å². The molecule has 0 spiro atoms. The smallest absolute Gasteiger partial charge is 0.329 e. The molecular formula is C51H83NO13. The number of carbonyl (C=O) groups is 4. The van der Waals surface area contributed by atoms with Crippen LogP contribution in [0, 0.1) is 35.5 Å². The lowest BCUT2D eigenvalue weighted by Gasteiger charge is -2.38. The molecule has 16 atom stereocenters. The highest BCUT2D eigenvalue weighted by molar-refractivity contribution is 5.88. The van der Waals surface area contributed by atoms with E-state index in [1.807, 2.05) is 58.1 Å². The van der Waals surface area contributed by atoms with Crippen LogP contribution in [0.1, 0.15) is 126 Å². The number of esters is 1. The zero-order valence-electron chi connectivity index (χ0n) is 40.8. The highest BCUT2D eigenvalue weighted by Crippen LogP contribution is 2.34. The average molecular weight is 918 g/mol. The lowest BCUT2D eigenvalue weighted by molar-refractivity contribution is -0.169. The number of piperidine rings is 1. The Morgan fingerprint density at radius 1 is 0.785 bits per heavy atom. The van der Waals surface area contributed by atoms with Gasteiger partial charge >= 0.3 is 5.97 Å². The molecule has 1 amide bonds. The molecule has 14 heteroatoms. The molecule has 3 aliphatic rings. The molecule has 1 aliphatic carbocycles. The maximum atomic E-state index is 14.2. The first-order valence-corrected chi connectivity index (χ1v) is 24.0. The van der Waals surface area contributed by atoms with Gasteiger partial charge in [-0.2, -0.15) is 0 Å². The molecule has 14 nitrogen and oxygen atoms in total. The van der Waals surface area contributed by atoms with Crippen LogP contribution in [-0.2, 0) is 38.1 Å². The number of ether oxygens (including phenoxy) is 4. The molecular weight excluding hydrogens is 835 g/mol. The summed E-state index contributed by atoms with van der Waals surface area (Å²) in [4.78, 5) is 57.2. The number of ketones is 2. The second-order valence-electron chi connectivity index (χ2n) is 19.5. The first-order chi connectivity index (χ1) is 30.7. The number of aliphatic hydroxyl groups is 5. The molecule has 0 radical (unpaired) electrons. The molecule has 370 valence electrons. The fourth-order valence-corrected chi connectivity index (χ4v) is 9.73. The van der Waals surface area contributed by atoms with Gasteiger partial charge in [0.25, 0.3) is 5.91 Å². The Kier molecular flexibility index (Phi) is 23.9. The zero-order chi connectivity index (χ0) is 48.5. The first kappa shape index (κ1) is 56.2. The summed E-state index contributed by atoms with van der Waals surface area (Å²) in [5.41, 5.74) is 1.28. The lowest BCUT2D eigenvalue weighted by Crippen LogP contribution is -2.55. The lowest BCUT2D eigenvalue weighted by atomic mass is 9.78. The third-order valence-electron chi connectivity index (χ3n) is 14.2. The molecule has 0 aromatic heterocycles. The number of hydrogen-bond donors (Lipinski definition) is 5. The number of carbonyl (C=O) groups excluding carboxylic acids is 4. The number of methoxy groups -OCH3 is 3. The van der Waals surface area contributed by atoms with Gasteiger partial charge in [0, 0.05) is 52.6 Å². The Bertz CT molecular complexity index is 1640. The number of rotatable bonds is 6. The summed E-state index contributed by atoms with van der Waals surface area (Å²) in [6, 6.07) is -1.05. The van der Waals surface area contributed by atoms with E-state index < -0.39 is 78.4 Å². The molecule has 1 unspecified atom stereocenters. The number of hydrogen-bond acceptors (Lipinski definition) is 13. The van der Waals surface area contributed by atoms with Gasteiger partial charge in [-0.25, -0.2) is 4.79 Å². The quantitative estimate of drug-likeness (QED) is 0.162. The zero-order valence-corrected chi connectivity index (χ0v) is 40.8. The Morgan fingerprint density at radius 3 is 2.15 bits per heavy atom. The molecule has 2 aliphatic heterocycles. The Hall–Kier alpha value is -3.08. The predicted octanol–water partition coefficient (Wildman–Crippen LogP) is 5.61. The molecule has 1 saturated heterocycles. The Morgan fingerprint density at radius 2 is 1.49 bits per heavy atom. The minimum atomic E-state index is -1.82. The van der Waals surface area contributed by atoms with Gasteiger partial charge in [0.1, 0.15) is 30.1 Å². The van der Waals surface area contributed by atoms with Crippen LogP contribution in [0.15, 0.2) is 47.6 Å². The highest BCUT2D eigenvalue weighted by atomic mass is 16.5. The van der Waals surface area contributed by atoms with E-state index in [1.54, 1.807) is 41.1 Å². The molecule has 65 heavy (non-hydrogen) atoms. The number of allylic oxidation sites excluding steroid dienone is 6. The van der Waals surface area contributed by atoms with Crippen LogP contribution < -0.4 is 0 Å². The van der Waals surface area contributed by atoms with Gasteiger partial charge in [-0.3, -0.25) is 14.4 Å². The largest absolute Gasteiger partial charge is 0.460 e. The van der Waals surface area contributed by atoms with Crippen LogP contribution in [0.3, 0.4) is 0 Å². The van der Waals surface area contributed by atoms with Crippen molar-refractivity contribution >= 4 is 23.4 Å². The van der Waals surface area contributed by atoms with Gasteiger partial charge in [0.2, 0.25) is 0 Å². The van der Waals surface area contributed by atoms with E-state index >= 15 is 0 Å². The van der Waals surface area contributed by atoms with Crippen LogP contribution in [0.5, 0.6) is 0 Å². The van der Waals surface area contributed by atoms with Crippen molar-refractivity contribution in [2.45, 2.75) is 186 Å². The van der Waals surface area contributed by atoms with Crippen LogP contribution >= 0.6 is 0 Å². The number of cyclic esters (lactones) is 1. The maximum Gasteiger partial charge on any atom is 0.329 e. The number of fused-ring (bicyclic) bond motifs is 1. The van der Waals surface area contributed by atoms with Gasteiger partial charge < -0.3 is 49.4 Å². The number of amides is 1. The molecule has 2 fully saturated rings. The molecule has 2 heterocycles. The second kappa shape index (κ2) is 27.7. The van der Waals surface area contributed by atoms with Gasteiger partial charge in [-0.1, -0.05) is 71.1 Å². The monoisotopic (exact) mass is 918 g/mol. The van der Waals surface area contributed by atoms with Crippen LogP contribution in [0.2, 0.25) is 0 Å². The summed E-state index contributed by atoms with van der Waals surface area (Å²) < 4.78 is 23.0. The summed E-state index contributed by atoms with van der Waals surface area (Å²) in [5, 5.41) is 55.4. The fraction of sp³-hybridized carbons (Fsp3) is 0.765. The van der Waals surface area contributed by atoms with Crippen molar-refractivity contribution in [3.63, 3.8) is 0 Å². The van der Waals surface area contributed by atoms with Crippen molar-refractivity contribution in [1.82, 2.24) is 4.90 Å². The van der Waals surface area contributed by atoms with Gasteiger partial charge in [-0.05, 0) is 113 Å². The van der Waals surface area contributed by atoms with E-state index in [1.165, 1.54) is 12.0 Å². The van der Waals surface area contributed by atoms with E-state index in [4.69, 9.17) is 18.9 Å². The van der Waals surface area contributed by atoms with E-state index in [0.717, 1.165) is 12.0 Å². The van der Waals surface area contributed by atoms with Crippen LogP contribution in [0.4, 0.5) is 0 Å². The summed E-state index contributed by atoms with van der Waals surface area (Å²) in [6.45, 7) is 12.9. The molecule has 0 bridgehead atoms. The molecule has 0 aromatic rings. The summed E-state index contributed by atoms with van der Waals surface area (Å²) >= 11 is 0. The normalized spacial score (nSPS) is 39.9. The Balaban J connectivity index is 1.97. The van der Waals surface area contributed by atoms with Crippen molar-refractivity contribution in [1.29, 1.82) is 0 Å². The molecule has 1 saturated carbocycles. The van der Waals surface area contributed by atoms with Crippen molar-refractivity contribution < 1.29 is 63.7 Å². The van der Waals surface area contributed by atoms with E-state index in [-0.39, 0.29) is 67.3 Å². The third kappa shape index (κ3) is 16.9. The standard InChI is InChI=1S/C51H83NO13/c1-30-16-12-11-13-17-31(2)42(62-8)28-38(53)21-19-32(3)45(56)48(59)50(60)52-23-15-14-18-39(52)51(61)65-43(34(5)26-37-20-22-40(54)44(27-37)63-9)29-41(55)33(4)25-36(7)47(58)49(64-10)46(57)35(6)24-30/h11-13,16-17,25,30,32-35,37-40,42-45,47-49,53-54,56,58-59H,14-15,18-24,26-29H2,1-10H3/b13-11-,16-12-,31-17-,36-25-/t30-,32-,33-,34-,35-,37+,38+,39+,40-,42+,43+,44-,45+,47-,48?,49+/m1/s1. The minimum Gasteiger partial charge on any atom is -0.460 e. The fourth-order valence-electron chi connectivity index (χ4n) is 9.73. The summed E-state index contributed by atoms with van der Waals surface area (Å²) in [5.74, 6) is -3.93. The minimum absolute atomic E-state index is 0.0241. The molecule has 5 N–H and O–H groups in total. The van der Waals surface area contributed by atoms with Gasteiger partial charge in [-0.15, -0.1) is 0 Å². The summed E-state index contributed by atoms with van der Waals surface area (Å²) in [7, 11) is 4.51. The number of aliphatic hydroxyl groups excluding tert-OH is 5. The van der Waals surface area contributed by atoms with Crippen molar-refractivity contribution in [2.75, 3.05) is 27.9 Å². The maximum absolute atomic E-state index is 14.2. The van der Waals surface area contributed by atoms with Crippen LogP contribution in [-0.4, -0.2) is 143 Å². The molecule has 0 aromatic carbocycles. The first-order valence-electron chi connectivity index (χ1n) is 24.0. The topological polar surface area (TPSA) is 210 Å². The average Bonchev–Trinajstić information content (AvgIpc) is 3.28. The van der Waals surface area contributed by atoms with Crippen molar-refractivity contribution in [3.8, 4) is 0 Å². The van der Waals surface area contributed by atoms with Gasteiger partial charge in [0.15, 0.2) is 11.9 Å². The highest BCUT2D eigenvalue weighted by Gasteiger charge is 2.42. The Labute approximate surface area is 388 Å². The van der Waals surface area contributed by atoms with Crippen molar-refractivity contribution in [2.24, 2.45) is 35.5 Å².